The Morgan fingerprint density at radius 3 is 2.47 bits per heavy atom. The molecule has 2 atom stereocenters. The summed E-state index contributed by atoms with van der Waals surface area (Å²) in [5, 5.41) is 12.4. The van der Waals surface area contributed by atoms with Crippen LogP contribution in [0.3, 0.4) is 0 Å². The van der Waals surface area contributed by atoms with E-state index in [9.17, 15) is 9.90 Å². The number of hydrogen-bond donors (Lipinski definition) is 3. The van der Waals surface area contributed by atoms with E-state index in [0.29, 0.717) is 24.9 Å². The molecule has 0 spiro atoms. The highest BCUT2D eigenvalue weighted by molar-refractivity contribution is 5.85. The number of amides is 1. The van der Waals surface area contributed by atoms with E-state index in [1.165, 1.54) is 12.8 Å². The quantitative estimate of drug-likeness (QED) is 0.660. The fraction of sp³-hybridized carbons (Fsp3) is 0.923. The first kappa shape index (κ1) is 12.8. The third kappa shape index (κ3) is 2.80. The van der Waals surface area contributed by atoms with Crippen molar-refractivity contribution in [3.8, 4) is 0 Å². The fourth-order valence-electron chi connectivity index (χ4n) is 2.88. The van der Waals surface area contributed by atoms with Gasteiger partial charge in [-0.2, -0.15) is 0 Å². The van der Waals surface area contributed by atoms with Gasteiger partial charge in [-0.1, -0.05) is 12.8 Å². The molecule has 2 aliphatic rings. The predicted molar refractivity (Wildman–Crippen MR) is 66.3 cm³/mol. The lowest BCUT2D eigenvalue weighted by Crippen LogP contribution is -2.41. The van der Waals surface area contributed by atoms with Gasteiger partial charge in [0.15, 0.2) is 0 Å². The molecule has 0 aliphatic heterocycles. The van der Waals surface area contributed by atoms with Gasteiger partial charge in [0, 0.05) is 19.7 Å². The van der Waals surface area contributed by atoms with Gasteiger partial charge >= 0.3 is 0 Å². The highest BCUT2D eigenvalue weighted by Crippen LogP contribution is 2.44. The van der Waals surface area contributed by atoms with E-state index < -0.39 is 0 Å². The van der Waals surface area contributed by atoms with Crippen molar-refractivity contribution in [3.63, 3.8) is 0 Å². The fourth-order valence-corrected chi connectivity index (χ4v) is 2.88. The minimum Gasteiger partial charge on any atom is -0.396 e. The van der Waals surface area contributed by atoms with Crippen LogP contribution in [0.25, 0.3) is 0 Å². The predicted octanol–water partition coefficient (Wildman–Crippen LogP) is 0.640. The van der Waals surface area contributed by atoms with Crippen LogP contribution < -0.4 is 11.1 Å². The maximum Gasteiger partial charge on any atom is 0.227 e. The van der Waals surface area contributed by atoms with Crippen LogP contribution in [0.15, 0.2) is 0 Å². The number of hydrogen-bond acceptors (Lipinski definition) is 3. The Labute approximate surface area is 103 Å². The maximum absolute atomic E-state index is 11.9. The van der Waals surface area contributed by atoms with E-state index in [-0.39, 0.29) is 17.9 Å². The van der Waals surface area contributed by atoms with Crippen LogP contribution in [0.1, 0.15) is 38.5 Å². The summed E-state index contributed by atoms with van der Waals surface area (Å²) in [6.07, 6.45) is 6.52. The van der Waals surface area contributed by atoms with Crippen molar-refractivity contribution < 1.29 is 9.90 Å². The van der Waals surface area contributed by atoms with Crippen LogP contribution >= 0.6 is 0 Å². The van der Waals surface area contributed by atoms with Gasteiger partial charge in [-0.3, -0.25) is 4.79 Å². The van der Waals surface area contributed by atoms with Gasteiger partial charge in [0.05, 0.1) is 5.41 Å². The molecule has 2 aliphatic carbocycles. The Morgan fingerprint density at radius 1 is 1.29 bits per heavy atom. The van der Waals surface area contributed by atoms with Crippen LogP contribution in [-0.4, -0.2) is 30.7 Å². The summed E-state index contributed by atoms with van der Waals surface area (Å²) in [6, 6.07) is 0. The molecule has 98 valence electrons. The Kier molecular flexibility index (Phi) is 4.05. The van der Waals surface area contributed by atoms with Gasteiger partial charge in [0.25, 0.3) is 0 Å². The second-order valence-corrected chi connectivity index (χ2v) is 5.68. The van der Waals surface area contributed by atoms with Gasteiger partial charge < -0.3 is 16.2 Å². The van der Waals surface area contributed by atoms with Gasteiger partial charge in [-0.05, 0) is 37.5 Å². The van der Waals surface area contributed by atoms with Crippen molar-refractivity contribution in [2.75, 3.05) is 19.7 Å². The minimum absolute atomic E-state index is 0.127. The lowest BCUT2D eigenvalue weighted by molar-refractivity contribution is -0.126. The molecule has 0 radical (unpaired) electrons. The normalized spacial score (nSPS) is 30.9. The molecule has 2 saturated carbocycles. The SMILES string of the molecule is NCC1(C(=O)NCC2CCCCC2CO)CC1. The molecular formula is C13H24N2O2. The van der Waals surface area contributed by atoms with Gasteiger partial charge in [0.1, 0.15) is 0 Å². The van der Waals surface area contributed by atoms with Crippen LogP contribution in [0.4, 0.5) is 0 Å². The summed E-state index contributed by atoms with van der Waals surface area (Å²) in [7, 11) is 0. The number of carbonyl (C=O) groups excluding carboxylic acids is 1. The monoisotopic (exact) mass is 240 g/mol. The summed E-state index contributed by atoms with van der Waals surface area (Å²) < 4.78 is 0. The molecule has 4 heteroatoms. The number of carbonyl (C=O) groups is 1. The third-order valence-corrected chi connectivity index (χ3v) is 4.55. The topological polar surface area (TPSA) is 75.4 Å². The molecule has 0 aromatic rings. The van der Waals surface area contributed by atoms with Crippen LogP contribution in [0, 0.1) is 17.3 Å². The highest BCUT2D eigenvalue weighted by Gasteiger charge is 2.48. The highest BCUT2D eigenvalue weighted by atomic mass is 16.3. The van der Waals surface area contributed by atoms with Gasteiger partial charge in [-0.15, -0.1) is 0 Å². The molecule has 4 N–H and O–H groups in total. The number of aliphatic hydroxyl groups excluding tert-OH is 1. The molecule has 0 heterocycles. The van der Waals surface area contributed by atoms with E-state index in [4.69, 9.17) is 5.73 Å². The van der Waals surface area contributed by atoms with E-state index in [0.717, 1.165) is 25.7 Å². The lowest BCUT2D eigenvalue weighted by Gasteiger charge is -2.30. The van der Waals surface area contributed by atoms with Crippen LogP contribution in [0.2, 0.25) is 0 Å². The van der Waals surface area contributed by atoms with E-state index in [1.807, 2.05) is 0 Å². The zero-order chi connectivity index (χ0) is 12.3. The molecule has 2 fully saturated rings. The standard InChI is InChI=1S/C13H24N2O2/c14-9-13(5-6-13)12(17)15-7-10-3-1-2-4-11(10)8-16/h10-11,16H,1-9,14H2,(H,15,17). The second kappa shape index (κ2) is 5.36. The van der Waals surface area contributed by atoms with Gasteiger partial charge in [0.2, 0.25) is 5.91 Å². The molecule has 1 amide bonds. The lowest BCUT2D eigenvalue weighted by atomic mass is 9.79. The number of aliphatic hydroxyl groups is 1. The van der Waals surface area contributed by atoms with Crippen LogP contribution in [0.5, 0.6) is 0 Å². The average Bonchev–Trinajstić information content (AvgIpc) is 3.17. The van der Waals surface area contributed by atoms with Crippen molar-refractivity contribution in [3.05, 3.63) is 0 Å². The van der Waals surface area contributed by atoms with Gasteiger partial charge in [-0.25, -0.2) is 0 Å². The first-order valence-electron chi connectivity index (χ1n) is 6.81. The summed E-state index contributed by atoms with van der Waals surface area (Å²) >= 11 is 0. The number of nitrogens with two attached hydrogens (primary N) is 1. The first-order chi connectivity index (χ1) is 8.22. The van der Waals surface area contributed by atoms with Crippen molar-refractivity contribution >= 4 is 5.91 Å². The van der Waals surface area contributed by atoms with Crippen molar-refractivity contribution in [1.29, 1.82) is 0 Å². The van der Waals surface area contributed by atoms with E-state index in [1.54, 1.807) is 0 Å². The zero-order valence-corrected chi connectivity index (χ0v) is 10.5. The summed E-state index contributed by atoms with van der Waals surface area (Å²) in [5.74, 6) is 0.950. The Hall–Kier alpha value is -0.610. The minimum atomic E-state index is -0.247. The molecule has 0 aromatic carbocycles. The van der Waals surface area contributed by atoms with Crippen molar-refractivity contribution in [1.82, 2.24) is 5.32 Å². The maximum atomic E-state index is 11.9. The molecule has 0 aromatic heterocycles. The van der Waals surface area contributed by atoms with Crippen molar-refractivity contribution in [2.24, 2.45) is 23.0 Å². The Bertz CT molecular complexity index is 277. The van der Waals surface area contributed by atoms with E-state index in [2.05, 4.69) is 5.32 Å². The number of nitrogens with one attached hydrogen (secondary N) is 1. The molecule has 4 nitrogen and oxygen atoms in total. The second-order valence-electron chi connectivity index (χ2n) is 5.68. The zero-order valence-electron chi connectivity index (χ0n) is 10.5. The van der Waals surface area contributed by atoms with Crippen molar-refractivity contribution in [2.45, 2.75) is 38.5 Å². The first-order valence-corrected chi connectivity index (χ1v) is 6.81. The number of rotatable bonds is 5. The Balaban J connectivity index is 1.78. The summed E-state index contributed by atoms with van der Waals surface area (Å²) in [6.45, 7) is 1.43. The average molecular weight is 240 g/mol. The molecular weight excluding hydrogens is 216 g/mol. The largest absolute Gasteiger partial charge is 0.396 e. The molecule has 2 rings (SSSR count). The molecule has 0 bridgehead atoms. The Morgan fingerprint density at radius 2 is 1.94 bits per heavy atom. The smallest absolute Gasteiger partial charge is 0.227 e. The summed E-state index contributed by atoms with van der Waals surface area (Å²) in [5.41, 5.74) is 5.38. The van der Waals surface area contributed by atoms with Crippen LogP contribution in [-0.2, 0) is 4.79 Å². The molecule has 2 unspecified atom stereocenters. The molecule has 17 heavy (non-hydrogen) atoms. The summed E-state index contributed by atoms with van der Waals surface area (Å²) in [4.78, 5) is 11.9. The molecule has 0 saturated heterocycles. The third-order valence-electron chi connectivity index (χ3n) is 4.55. The van der Waals surface area contributed by atoms with E-state index >= 15 is 0 Å².